The summed E-state index contributed by atoms with van der Waals surface area (Å²) in [6.07, 6.45) is 2.53. The normalized spacial score (nSPS) is 17.5. The summed E-state index contributed by atoms with van der Waals surface area (Å²) < 4.78 is 11.3. The molecule has 0 bridgehead atoms. The van der Waals surface area contributed by atoms with Crippen molar-refractivity contribution in [2.75, 3.05) is 20.8 Å². The molecule has 1 aliphatic rings. The average Bonchev–Trinajstić information content (AvgIpc) is 2.85. The first kappa shape index (κ1) is 21.9. The van der Waals surface area contributed by atoms with Gasteiger partial charge in [0.05, 0.1) is 20.3 Å². The van der Waals surface area contributed by atoms with Gasteiger partial charge in [-0.05, 0) is 42.1 Å². The summed E-state index contributed by atoms with van der Waals surface area (Å²) in [4.78, 5) is 14.2. The maximum absolute atomic E-state index is 12.2. The van der Waals surface area contributed by atoms with Crippen LogP contribution >= 0.6 is 0 Å². The zero-order chi connectivity index (χ0) is 22.5. The summed E-state index contributed by atoms with van der Waals surface area (Å²) in [5.74, 6) is 0.499. The summed E-state index contributed by atoms with van der Waals surface area (Å²) in [5, 5.41) is 9.97. The Hall–Kier alpha value is -3.31. The SMILES string of the molecule is COc1cccc(C(c2ccc(-c3ccccc3)cc2)N2CCCCC2C(=O)O)c1OC. The molecule has 32 heavy (non-hydrogen) atoms. The molecule has 1 N–H and O–H groups in total. The number of carboxylic acid groups (broad SMARTS) is 1. The van der Waals surface area contributed by atoms with E-state index in [4.69, 9.17) is 9.47 Å². The third kappa shape index (κ3) is 4.34. The highest BCUT2D eigenvalue weighted by Gasteiger charge is 2.36. The number of ether oxygens (including phenoxy) is 2. The van der Waals surface area contributed by atoms with Crippen LogP contribution < -0.4 is 9.47 Å². The number of carbonyl (C=O) groups is 1. The third-order valence-electron chi connectivity index (χ3n) is 6.22. The predicted octanol–water partition coefficient (Wildman–Crippen LogP) is 5.40. The van der Waals surface area contributed by atoms with Crippen LogP contribution in [0.3, 0.4) is 0 Å². The van der Waals surface area contributed by atoms with Gasteiger partial charge in [0.15, 0.2) is 11.5 Å². The molecular formula is C27H29NO4. The molecule has 0 aromatic heterocycles. The van der Waals surface area contributed by atoms with Crippen molar-refractivity contribution in [3.8, 4) is 22.6 Å². The number of rotatable bonds is 7. The van der Waals surface area contributed by atoms with Crippen LogP contribution in [0.2, 0.25) is 0 Å². The lowest BCUT2D eigenvalue weighted by molar-refractivity contribution is -0.145. The molecule has 4 rings (SSSR count). The van der Waals surface area contributed by atoms with Gasteiger partial charge >= 0.3 is 5.97 Å². The van der Waals surface area contributed by atoms with E-state index in [1.165, 1.54) is 0 Å². The van der Waals surface area contributed by atoms with Gasteiger partial charge in [-0.1, -0.05) is 73.2 Å². The number of aliphatic carboxylic acids is 1. The number of methoxy groups -OCH3 is 2. The maximum Gasteiger partial charge on any atom is 0.320 e. The molecule has 5 nitrogen and oxygen atoms in total. The molecule has 1 aliphatic heterocycles. The third-order valence-corrected chi connectivity index (χ3v) is 6.22. The molecule has 0 spiro atoms. The zero-order valence-electron chi connectivity index (χ0n) is 18.5. The first-order valence-electron chi connectivity index (χ1n) is 11.0. The van der Waals surface area contributed by atoms with Gasteiger partial charge in [-0.25, -0.2) is 0 Å². The van der Waals surface area contributed by atoms with Crippen LogP contribution in [0.1, 0.15) is 36.4 Å². The van der Waals surface area contributed by atoms with Gasteiger partial charge in [-0.15, -0.1) is 0 Å². The first-order valence-corrected chi connectivity index (χ1v) is 11.0. The van der Waals surface area contributed by atoms with Crippen molar-refractivity contribution in [2.45, 2.75) is 31.3 Å². The second-order valence-electron chi connectivity index (χ2n) is 8.06. The van der Waals surface area contributed by atoms with E-state index in [1.54, 1.807) is 14.2 Å². The van der Waals surface area contributed by atoms with E-state index >= 15 is 0 Å². The molecule has 0 radical (unpaired) electrons. The second kappa shape index (κ2) is 9.88. The van der Waals surface area contributed by atoms with E-state index < -0.39 is 12.0 Å². The van der Waals surface area contributed by atoms with Crippen molar-refractivity contribution in [1.82, 2.24) is 4.90 Å². The number of piperidine rings is 1. The summed E-state index contributed by atoms with van der Waals surface area (Å²) in [7, 11) is 3.24. The zero-order valence-corrected chi connectivity index (χ0v) is 18.5. The van der Waals surface area contributed by atoms with E-state index in [0.717, 1.165) is 35.1 Å². The molecular weight excluding hydrogens is 402 g/mol. The molecule has 166 valence electrons. The second-order valence-corrected chi connectivity index (χ2v) is 8.06. The number of para-hydroxylation sites is 1. The van der Waals surface area contributed by atoms with E-state index in [9.17, 15) is 9.90 Å². The molecule has 1 heterocycles. The number of hydrogen-bond acceptors (Lipinski definition) is 4. The van der Waals surface area contributed by atoms with Crippen LogP contribution in [0.25, 0.3) is 11.1 Å². The van der Waals surface area contributed by atoms with Crippen molar-refractivity contribution < 1.29 is 19.4 Å². The van der Waals surface area contributed by atoms with E-state index in [0.29, 0.717) is 24.5 Å². The van der Waals surface area contributed by atoms with Crippen molar-refractivity contribution in [3.05, 3.63) is 83.9 Å². The topological polar surface area (TPSA) is 59.0 Å². The lowest BCUT2D eigenvalue weighted by atomic mass is 9.90. The van der Waals surface area contributed by atoms with Crippen LogP contribution in [0.15, 0.2) is 72.8 Å². The highest BCUT2D eigenvalue weighted by atomic mass is 16.5. The van der Waals surface area contributed by atoms with Gasteiger partial charge in [0, 0.05) is 5.56 Å². The molecule has 0 amide bonds. The number of benzene rings is 3. The highest BCUT2D eigenvalue weighted by Crippen LogP contribution is 2.42. The van der Waals surface area contributed by atoms with Crippen molar-refractivity contribution in [2.24, 2.45) is 0 Å². The predicted molar refractivity (Wildman–Crippen MR) is 125 cm³/mol. The van der Waals surface area contributed by atoms with Gasteiger partial charge in [0.1, 0.15) is 6.04 Å². The Morgan fingerprint density at radius 3 is 2.28 bits per heavy atom. The fourth-order valence-corrected chi connectivity index (χ4v) is 4.69. The number of nitrogens with zero attached hydrogens (tertiary/aromatic N) is 1. The molecule has 1 saturated heterocycles. The van der Waals surface area contributed by atoms with Gasteiger partial charge < -0.3 is 14.6 Å². The van der Waals surface area contributed by atoms with E-state index in [1.807, 2.05) is 36.4 Å². The molecule has 3 aromatic carbocycles. The fourth-order valence-electron chi connectivity index (χ4n) is 4.69. The molecule has 1 fully saturated rings. The van der Waals surface area contributed by atoms with Crippen LogP contribution in [-0.2, 0) is 4.79 Å². The summed E-state index contributed by atoms with van der Waals surface area (Å²) in [6.45, 7) is 0.711. The highest BCUT2D eigenvalue weighted by molar-refractivity contribution is 5.74. The first-order chi connectivity index (χ1) is 15.6. The number of carboxylic acids is 1. The van der Waals surface area contributed by atoms with E-state index in [-0.39, 0.29) is 6.04 Å². The smallest absolute Gasteiger partial charge is 0.320 e. The van der Waals surface area contributed by atoms with Crippen molar-refractivity contribution in [3.63, 3.8) is 0 Å². The summed E-state index contributed by atoms with van der Waals surface area (Å²) in [6, 6.07) is 23.6. The number of hydrogen-bond donors (Lipinski definition) is 1. The Balaban J connectivity index is 1.82. The van der Waals surface area contributed by atoms with Gasteiger partial charge in [-0.2, -0.15) is 0 Å². The van der Waals surface area contributed by atoms with Crippen LogP contribution in [0, 0.1) is 0 Å². The Labute approximate surface area is 189 Å². The quantitative estimate of drug-likeness (QED) is 0.543. The Bertz CT molecular complexity index is 1050. The summed E-state index contributed by atoms with van der Waals surface area (Å²) >= 11 is 0. The molecule has 0 aliphatic carbocycles. The minimum atomic E-state index is -0.780. The standard InChI is InChI=1S/C27H29NO4/c1-31-24-13-8-11-22(26(24)32-2)25(28-18-7-6-12-23(28)27(29)30)21-16-14-20(15-17-21)19-9-4-3-5-10-19/h3-5,8-11,13-17,23,25H,6-7,12,18H2,1-2H3,(H,29,30). The largest absolute Gasteiger partial charge is 0.493 e. The Kier molecular flexibility index (Phi) is 6.76. The fraction of sp³-hybridized carbons (Fsp3) is 0.296. The van der Waals surface area contributed by atoms with Gasteiger partial charge in [-0.3, -0.25) is 9.69 Å². The molecule has 2 unspecified atom stereocenters. The van der Waals surface area contributed by atoms with E-state index in [2.05, 4.69) is 41.3 Å². The Morgan fingerprint density at radius 2 is 1.62 bits per heavy atom. The minimum absolute atomic E-state index is 0.258. The minimum Gasteiger partial charge on any atom is -0.493 e. The molecule has 5 heteroatoms. The van der Waals surface area contributed by atoms with Crippen LogP contribution in [0.4, 0.5) is 0 Å². The average molecular weight is 432 g/mol. The maximum atomic E-state index is 12.2. The lowest BCUT2D eigenvalue weighted by Gasteiger charge is -2.40. The lowest BCUT2D eigenvalue weighted by Crippen LogP contribution is -2.46. The Morgan fingerprint density at radius 1 is 0.906 bits per heavy atom. The molecule has 3 aromatic rings. The van der Waals surface area contributed by atoms with Gasteiger partial charge in [0.25, 0.3) is 0 Å². The number of likely N-dealkylation sites (tertiary alicyclic amines) is 1. The monoisotopic (exact) mass is 431 g/mol. The molecule has 0 saturated carbocycles. The summed E-state index contributed by atoms with van der Waals surface area (Å²) in [5.41, 5.74) is 4.21. The van der Waals surface area contributed by atoms with Crippen LogP contribution in [-0.4, -0.2) is 42.8 Å². The van der Waals surface area contributed by atoms with Gasteiger partial charge in [0.2, 0.25) is 0 Å². The molecule has 2 atom stereocenters. The van der Waals surface area contributed by atoms with Crippen molar-refractivity contribution >= 4 is 5.97 Å². The van der Waals surface area contributed by atoms with Crippen molar-refractivity contribution in [1.29, 1.82) is 0 Å². The van der Waals surface area contributed by atoms with Crippen LogP contribution in [0.5, 0.6) is 11.5 Å².